The normalized spacial score (nSPS) is 12.1. The number of carbonyl (C=O) groups excluding carboxylic acids is 1. The molecule has 1 atom stereocenters. The molecular weight excluding hydrogens is 436 g/mol. The van der Waals surface area contributed by atoms with Gasteiger partial charge >= 0.3 is 0 Å². The third-order valence-electron chi connectivity index (χ3n) is 4.73. The molecule has 31 heavy (non-hydrogen) atoms. The standard InChI is InChI=1S/C23H23ClN2O4S/c1-17(18-8-14-21(30-2)15-9-18)25-23(27)16-26(20-12-10-19(24)11-13-20)31(28,29)22-6-4-3-5-7-22/h3-15,17H,16H2,1-2H3,(H,25,27)/t17-/m0/s1. The molecule has 3 rings (SSSR count). The van der Waals surface area contributed by atoms with Gasteiger partial charge in [0.2, 0.25) is 5.91 Å². The maximum absolute atomic E-state index is 13.3. The highest BCUT2D eigenvalue weighted by molar-refractivity contribution is 7.92. The highest BCUT2D eigenvalue weighted by Crippen LogP contribution is 2.25. The molecule has 0 saturated heterocycles. The lowest BCUT2D eigenvalue weighted by Crippen LogP contribution is -2.41. The van der Waals surface area contributed by atoms with Crippen molar-refractivity contribution in [2.24, 2.45) is 0 Å². The van der Waals surface area contributed by atoms with E-state index in [0.29, 0.717) is 16.5 Å². The van der Waals surface area contributed by atoms with Crippen LogP contribution in [0.25, 0.3) is 0 Å². The van der Waals surface area contributed by atoms with Crippen LogP contribution in [0.3, 0.4) is 0 Å². The van der Waals surface area contributed by atoms with Crippen molar-refractivity contribution in [3.8, 4) is 5.75 Å². The van der Waals surface area contributed by atoms with Crippen LogP contribution in [0.4, 0.5) is 5.69 Å². The van der Waals surface area contributed by atoms with Crippen LogP contribution >= 0.6 is 11.6 Å². The lowest BCUT2D eigenvalue weighted by Gasteiger charge is -2.25. The molecule has 0 aliphatic rings. The summed E-state index contributed by atoms with van der Waals surface area (Å²) >= 11 is 5.96. The summed E-state index contributed by atoms with van der Waals surface area (Å²) in [5, 5.41) is 3.33. The molecule has 0 radical (unpaired) electrons. The molecular formula is C23H23ClN2O4S. The van der Waals surface area contributed by atoms with Crippen molar-refractivity contribution >= 4 is 33.2 Å². The van der Waals surface area contributed by atoms with Gasteiger partial charge in [0.25, 0.3) is 10.0 Å². The Bertz CT molecular complexity index is 1120. The maximum Gasteiger partial charge on any atom is 0.264 e. The summed E-state index contributed by atoms with van der Waals surface area (Å²) in [5.41, 5.74) is 1.22. The van der Waals surface area contributed by atoms with E-state index in [9.17, 15) is 13.2 Å². The summed E-state index contributed by atoms with van der Waals surface area (Å²) in [7, 11) is -2.38. The smallest absolute Gasteiger partial charge is 0.264 e. The molecule has 1 N–H and O–H groups in total. The number of amides is 1. The van der Waals surface area contributed by atoms with E-state index in [-0.39, 0.29) is 17.5 Å². The Morgan fingerprint density at radius 1 is 1.00 bits per heavy atom. The number of sulfonamides is 1. The first-order valence-corrected chi connectivity index (χ1v) is 11.4. The number of ether oxygens (including phenoxy) is 1. The Balaban J connectivity index is 1.84. The van der Waals surface area contributed by atoms with E-state index in [1.54, 1.807) is 61.7 Å². The highest BCUT2D eigenvalue weighted by atomic mass is 35.5. The molecule has 0 fully saturated rings. The van der Waals surface area contributed by atoms with Crippen molar-refractivity contribution in [3.05, 3.63) is 89.4 Å². The van der Waals surface area contributed by atoms with Crippen molar-refractivity contribution in [1.82, 2.24) is 5.32 Å². The third-order valence-corrected chi connectivity index (χ3v) is 6.77. The molecule has 3 aromatic rings. The number of hydrogen-bond acceptors (Lipinski definition) is 4. The minimum atomic E-state index is -3.96. The van der Waals surface area contributed by atoms with Crippen molar-refractivity contribution in [2.45, 2.75) is 17.9 Å². The number of carbonyl (C=O) groups is 1. The fraction of sp³-hybridized carbons (Fsp3) is 0.174. The van der Waals surface area contributed by atoms with Gasteiger partial charge in [0.05, 0.1) is 23.7 Å². The van der Waals surface area contributed by atoms with Gasteiger partial charge in [-0.2, -0.15) is 0 Å². The van der Waals surface area contributed by atoms with Crippen molar-refractivity contribution in [1.29, 1.82) is 0 Å². The second-order valence-electron chi connectivity index (χ2n) is 6.86. The summed E-state index contributed by atoms with van der Waals surface area (Å²) in [6, 6.07) is 21.3. The van der Waals surface area contributed by atoms with E-state index in [1.807, 2.05) is 19.1 Å². The fourth-order valence-electron chi connectivity index (χ4n) is 3.04. The first kappa shape index (κ1) is 22.7. The van der Waals surface area contributed by atoms with E-state index in [2.05, 4.69) is 5.32 Å². The number of benzene rings is 3. The van der Waals surface area contributed by atoms with Crippen LogP contribution in [0.5, 0.6) is 5.75 Å². The van der Waals surface area contributed by atoms with Gasteiger partial charge in [-0.25, -0.2) is 8.42 Å². The molecule has 0 bridgehead atoms. The number of anilines is 1. The predicted octanol–water partition coefficient (Wildman–Crippen LogP) is 4.42. The Kier molecular flexibility index (Phi) is 7.20. The molecule has 0 unspecified atom stereocenters. The molecule has 3 aromatic carbocycles. The van der Waals surface area contributed by atoms with E-state index in [0.717, 1.165) is 9.87 Å². The van der Waals surface area contributed by atoms with Crippen LogP contribution in [-0.2, 0) is 14.8 Å². The van der Waals surface area contributed by atoms with Gasteiger partial charge < -0.3 is 10.1 Å². The van der Waals surface area contributed by atoms with Crippen LogP contribution in [-0.4, -0.2) is 28.0 Å². The van der Waals surface area contributed by atoms with Crippen LogP contribution in [0.2, 0.25) is 5.02 Å². The third kappa shape index (κ3) is 5.57. The topological polar surface area (TPSA) is 75.7 Å². The van der Waals surface area contributed by atoms with Crippen LogP contribution < -0.4 is 14.4 Å². The van der Waals surface area contributed by atoms with Crippen molar-refractivity contribution < 1.29 is 17.9 Å². The predicted molar refractivity (Wildman–Crippen MR) is 122 cm³/mol. The molecule has 0 aromatic heterocycles. The number of rotatable bonds is 8. The summed E-state index contributed by atoms with van der Waals surface area (Å²) in [5.74, 6) is 0.280. The van der Waals surface area contributed by atoms with Gasteiger partial charge in [0.15, 0.2) is 0 Å². The minimum Gasteiger partial charge on any atom is -0.497 e. The van der Waals surface area contributed by atoms with Gasteiger partial charge in [-0.15, -0.1) is 0 Å². The van der Waals surface area contributed by atoms with Crippen molar-refractivity contribution in [3.63, 3.8) is 0 Å². The molecule has 0 spiro atoms. The molecule has 0 heterocycles. The second-order valence-corrected chi connectivity index (χ2v) is 9.16. The second kappa shape index (κ2) is 9.85. The molecule has 162 valence electrons. The first-order chi connectivity index (χ1) is 14.8. The number of methoxy groups -OCH3 is 1. The Morgan fingerprint density at radius 2 is 1.61 bits per heavy atom. The quantitative estimate of drug-likeness (QED) is 0.542. The molecule has 8 heteroatoms. The Labute approximate surface area is 187 Å². The van der Waals surface area contributed by atoms with E-state index in [1.165, 1.54) is 12.1 Å². The first-order valence-electron chi connectivity index (χ1n) is 9.58. The monoisotopic (exact) mass is 458 g/mol. The van der Waals surface area contributed by atoms with Crippen LogP contribution in [0.1, 0.15) is 18.5 Å². The maximum atomic E-state index is 13.3. The lowest BCUT2D eigenvalue weighted by atomic mass is 10.1. The van der Waals surface area contributed by atoms with E-state index in [4.69, 9.17) is 16.3 Å². The number of hydrogen-bond donors (Lipinski definition) is 1. The highest BCUT2D eigenvalue weighted by Gasteiger charge is 2.27. The fourth-order valence-corrected chi connectivity index (χ4v) is 4.60. The lowest BCUT2D eigenvalue weighted by molar-refractivity contribution is -0.120. The van der Waals surface area contributed by atoms with Crippen LogP contribution in [0, 0.1) is 0 Å². The van der Waals surface area contributed by atoms with Gasteiger partial charge in [-0.1, -0.05) is 41.9 Å². The molecule has 0 aliphatic carbocycles. The zero-order valence-electron chi connectivity index (χ0n) is 17.2. The molecule has 6 nitrogen and oxygen atoms in total. The van der Waals surface area contributed by atoms with Gasteiger partial charge in [-0.3, -0.25) is 9.10 Å². The average Bonchev–Trinajstić information content (AvgIpc) is 2.78. The Morgan fingerprint density at radius 3 is 2.19 bits per heavy atom. The zero-order chi connectivity index (χ0) is 22.4. The van der Waals surface area contributed by atoms with Crippen LogP contribution in [0.15, 0.2) is 83.8 Å². The number of halogens is 1. The van der Waals surface area contributed by atoms with Gasteiger partial charge in [0.1, 0.15) is 12.3 Å². The number of nitrogens with zero attached hydrogens (tertiary/aromatic N) is 1. The molecule has 1 amide bonds. The van der Waals surface area contributed by atoms with Gasteiger partial charge in [0, 0.05) is 5.02 Å². The largest absolute Gasteiger partial charge is 0.497 e. The molecule has 0 saturated carbocycles. The van der Waals surface area contributed by atoms with Gasteiger partial charge in [-0.05, 0) is 61.0 Å². The summed E-state index contributed by atoms with van der Waals surface area (Å²) < 4.78 is 32.8. The summed E-state index contributed by atoms with van der Waals surface area (Å²) in [6.07, 6.45) is 0. The zero-order valence-corrected chi connectivity index (χ0v) is 18.7. The SMILES string of the molecule is COc1ccc([C@H](C)NC(=O)CN(c2ccc(Cl)cc2)S(=O)(=O)c2ccccc2)cc1. The summed E-state index contributed by atoms with van der Waals surface area (Å²) in [6.45, 7) is 1.46. The summed E-state index contributed by atoms with van der Waals surface area (Å²) in [4.78, 5) is 12.9. The van der Waals surface area contributed by atoms with E-state index >= 15 is 0 Å². The average molecular weight is 459 g/mol. The Hall–Kier alpha value is -3.03. The number of nitrogens with one attached hydrogen (secondary N) is 1. The van der Waals surface area contributed by atoms with Crippen molar-refractivity contribution in [2.75, 3.05) is 18.0 Å². The molecule has 0 aliphatic heterocycles. The minimum absolute atomic E-state index is 0.0981. The van der Waals surface area contributed by atoms with E-state index < -0.39 is 15.9 Å².